The van der Waals surface area contributed by atoms with Crippen molar-refractivity contribution in [2.24, 2.45) is 0 Å². The molecule has 0 unspecified atom stereocenters. The molecule has 0 fully saturated rings. The van der Waals surface area contributed by atoms with Crippen LogP contribution in [-0.4, -0.2) is 14.7 Å². The van der Waals surface area contributed by atoms with Crippen molar-refractivity contribution in [2.75, 3.05) is 6.26 Å². The Balaban J connectivity index is 3.22. The van der Waals surface area contributed by atoms with Gasteiger partial charge in [-0.3, -0.25) is 0 Å². The van der Waals surface area contributed by atoms with Gasteiger partial charge in [-0.15, -0.1) is 0 Å². The second kappa shape index (κ2) is 7.27. The van der Waals surface area contributed by atoms with Gasteiger partial charge in [-0.05, 0) is 30.9 Å². The molecule has 0 saturated carbocycles. The Kier molecular flexibility index (Phi) is 6.00. The maximum absolute atomic E-state index is 14.0. The van der Waals surface area contributed by atoms with Crippen LogP contribution in [0.25, 0.3) is 0 Å². The number of allylic oxidation sites excluding steroid dienone is 6. The van der Waals surface area contributed by atoms with Gasteiger partial charge in [0.15, 0.2) is 9.84 Å². The van der Waals surface area contributed by atoms with Gasteiger partial charge in [0.25, 0.3) is 0 Å². The van der Waals surface area contributed by atoms with Gasteiger partial charge in [-0.25, -0.2) is 12.8 Å². The highest BCUT2D eigenvalue weighted by atomic mass is 32.2. The summed E-state index contributed by atoms with van der Waals surface area (Å²) in [5.41, 5.74) is 3.22. The molecule has 1 aliphatic carbocycles. The van der Waals surface area contributed by atoms with Crippen LogP contribution in [0.2, 0.25) is 0 Å². The summed E-state index contributed by atoms with van der Waals surface area (Å²) in [5, 5.41) is 0. The molecule has 104 valence electrons. The second-order valence-electron chi connectivity index (χ2n) is 4.47. The second-order valence-corrected chi connectivity index (χ2v) is 6.46. The molecule has 4 heteroatoms. The van der Waals surface area contributed by atoms with Crippen molar-refractivity contribution in [1.29, 1.82) is 0 Å². The predicted octanol–water partition coefficient (Wildman–Crippen LogP) is 4.00. The molecule has 1 aliphatic rings. The van der Waals surface area contributed by atoms with Crippen molar-refractivity contribution in [2.45, 2.75) is 32.6 Å². The van der Waals surface area contributed by atoms with E-state index in [9.17, 15) is 12.8 Å². The molecule has 0 atom stereocenters. The Labute approximate surface area is 114 Å². The first-order valence-corrected chi connectivity index (χ1v) is 8.21. The molecular formula is C15H19FO2S. The Morgan fingerprint density at radius 3 is 2.74 bits per heavy atom. The zero-order chi connectivity index (χ0) is 14.3. The van der Waals surface area contributed by atoms with Gasteiger partial charge in [-0.2, -0.15) is 0 Å². The predicted molar refractivity (Wildman–Crippen MR) is 77.0 cm³/mol. The maximum atomic E-state index is 14.0. The molecule has 0 spiro atoms. The zero-order valence-electron chi connectivity index (χ0n) is 11.3. The minimum absolute atomic E-state index is 0.0101. The van der Waals surface area contributed by atoms with E-state index in [1.54, 1.807) is 12.2 Å². The maximum Gasteiger partial charge on any atom is 0.182 e. The lowest BCUT2D eigenvalue weighted by atomic mass is 10.0. The van der Waals surface area contributed by atoms with E-state index in [1.165, 1.54) is 6.08 Å². The van der Waals surface area contributed by atoms with Crippen LogP contribution in [0.3, 0.4) is 0 Å². The third kappa shape index (κ3) is 5.41. The van der Waals surface area contributed by atoms with Crippen molar-refractivity contribution in [3.63, 3.8) is 0 Å². The van der Waals surface area contributed by atoms with Gasteiger partial charge in [0, 0.05) is 12.3 Å². The van der Waals surface area contributed by atoms with Gasteiger partial charge in [-0.1, -0.05) is 37.3 Å². The lowest BCUT2D eigenvalue weighted by Gasteiger charge is -2.04. The lowest BCUT2D eigenvalue weighted by Crippen LogP contribution is -1.97. The smallest absolute Gasteiger partial charge is 0.182 e. The SMILES string of the molecule is CCCCC1=C(F)C=C=C(S(C)(=O)=O)C=CC=CC1. The van der Waals surface area contributed by atoms with Crippen LogP contribution in [0, 0.1) is 0 Å². The molecule has 2 nitrogen and oxygen atoms in total. The molecule has 0 N–H and O–H groups in total. The van der Waals surface area contributed by atoms with E-state index in [-0.39, 0.29) is 10.7 Å². The van der Waals surface area contributed by atoms with Gasteiger partial charge in [0.05, 0.1) is 0 Å². The van der Waals surface area contributed by atoms with Crippen LogP contribution in [0.15, 0.2) is 52.4 Å². The normalized spacial score (nSPS) is 16.7. The number of hydrogen-bond donors (Lipinski definition) is 0. The van der Waals surface area contributed by atoms with E-state index < -0.39 is 9.84 Å². The molecule has 0 aromatic heterocycles. The topological polar surface area (TPSA) is 34.1 Å². The number of hydrogen-bond acceptors (Lipinski definition) is 2. The molecule has 0 saturated heterocycles. The molecule has 0 amide bonds. The molecule has 19 heavy (non-hydrogen) atoms. The fourth-order valence-electron chi connectivity index (χ4n) is 1.66. The molecular weight excluding hydrogens is 263 g/mol. The van der Waals surface area contributed by atoms with Crippen LogP contribution in [0.1, 0.15) is 32.6 Å². The molecule has 0 aromatic rings. The summed E-state index contributed by atoms with van der Waals surface area (Å²) < 4.78 is 36.9. The fraction of sp³-hybridized carbons (Fsp3) is 0.400. The molecule has 0 aromatic carbocycles. The summed E-state index contributed by atoms with van der Waals surface area (Å²) in [6.45, 7) is 2.05. The average molecular weight is 282 g/mol. The highest BCUT2D eigenvalue weighted by molar-refractivity contribution is 7.94. The molecule has 0 aliphatic heterocycles. The van der Waals surface area contributed by atoms with E-state index >= 15 is 0 Å². The number of unbranched alkanes of at least 4 members (excludes halogenated alkanes) is 1. The first-order valence-electron chi connectivity index (χ1n) is 6.32. The van der Waals surface area contributed by atoms with Gasteiger partial charge in [0.2, 0.25) is 0 Å². The van der Waals surface area contributed by atoms with E-state index in [2.05, 4.69) is 12.7 Å². The Morgan fingerprint density at radius 2 is 2.11 bits per heavy atom. The van der Waals surface area contributed by atoms with E-state index in [0.29, 0.717) is 18.4 Å². The van der Waals surface area contributed by atoms with Crippen LogP contribution >= 0.6 is 0 Å². The number of rotatable bonds is 4. The van der Waals surface area contributed by atoms with Crippen molar-refractivity contribution in [3.8, 4) is 0 Å². The highest BCUT2D eigenvalue weighted by Crippen LogP contribution is 2.20. The molecule has 0 heterocycles. The molecule has 0 bridgehead atoms. The van der Waals surface area contributed by atoms with Crippen molar-refractivity contribution in [1.82, 2.24) is 0 Å². The molecule has 0 radical (unpaired) electrons. The van der Waals surface area contributed by atoms with Crippen LogP contribution in [-0.2, 0) is 9.84 Å². The quantitative estimate of drug-likeness (QED) is 0.730. The summed E-state index contributed by atoms with van der Waals surface area (Å²) in [6.07, 6.45) is 12.0. The summed E-state index contributed by atoms with van der Waals surface area (Å²) in [7, 11) is -3.39. The van der Waals surface area contributed by atoms with Crippen LogP contribution in [0.5, 0.6) is 0 Å². The Morgan fingerprint density at radius 1 is 1.37 bits per heavy atom. The van der Waals surface area contributed by atoms with E-state index in [1.807, 2.05) is 6.08 Å². The van der Waals surface area contributed by atoms with Crippen molar-refractivity contribution < 1.29 is 12.8 Å². The number of sulfone groups is 1. The first kappa shape index (κ1) is 15.7. The zero-order valence-corrected chi connectivity index (χ0v) is 12.1. The highest BCUT2D eigenvalue weighted by Gasteiger charge is 2.08. The van der Waals surface area contributed by atoms with Gasteiger partial charge in [0.1, 0.15) is 10.7 Å². The largest absolute Gasteiger partial charge is 0.223 e. The minimum atomic E-state index is -3.39. The van der Waals surface area contributed by atoms with E-state index in [4.69, 9.17) is 0 Å². The summed E-state index contributed by atoms with van der Waals surface area (Å²) in [5.74, 6) is -0.380. The minimum Gasteiger partial charge on any atom is -0.223 e. The summed E-state index contributed by atoms with van der Waals surface area (Å²) >= 11 is 0. The third-order valence-corrected chi connectivity index (χ3v) is 3.82. The van der Waals surface area contributed by atoms with Crippen LogP contribution in [0.4, 0.5) is 4.39 Å². The average Bonchev–Trinajstić information content (AvgIpc) is 2.34. The molecule has 1 rings (SSSR count). The van der Waals surface area contributed by atoms with Crippen LogP contribution < -0.4 is 0 Å². The lowest BCUT2D eigenvalue weighted by molar-refractivity contribution is 0.608. The number of halogens is 1. The van der Waals surface area contributed by atoms with Gasteiger partial charge < -0.3 is 0 Å². The standard InChI is InChI=1S/C15H19FO2S/c1-3-4-8-13-9-6-5-7-10-14(19(2,17)18)11-12-15(13)16/h5-7,10,12H,3-4,8-9H2,1-2H3. The first-order chi connectivity index (χ1) is 8.95. The Bertz CT molecular complexity index is 571. The Hall–Kier alpha value is -1.38. The fourth-order valence-corrected chi connectivity index (χ4v) is 2.26. The van der Waals surface area contributed by atoms with Gasteiger partial charge >= 0.3 is 0 Å². The summed E-state index contributed by atoms with van der Waals surface area (Å²) in [4.78, 5) is -0.0101. The van der Waals surface area contributed by atoms with E-state index in [0.717, 1.165) is 25.2 Å². The third-order valence-electron chi connectivity index (χ3n) is 2.77. The monoisotopic (exact) mass is 282 g/mol. The summed E-state index contributed by atoms with van der Waals surface area (Å²) in [6, 6.07) is 0. The van der Waals surface area contributed by atoms with Crippen molar-refractivity contribution in [3.05, 3.63) is 52.4 Å². The van der Waals surface area contributed by atoms with Crippen molar-refractivity contribution >= 4 is 9.84 Å².